The number of hydrogen-bond donors (Lipinski definition) is 3. The van der Waals surface area contributed by atoms with E-state index in [2.05, 4.69) is 15.6 Å². The van der Waals surface area contributed by atoms with E-state index in [9.17, 15) is 9.59 Å². The van der Waals surface area contributed by atoms with Gasteiger partial charge in [-0.05, 0) is 19.1 Å². The van der Waals surface area contributed by atoms with Crippen LogP contribution in [0.2, 0.25) is 0 Å². The Hall–Kier alpha value is -1.66. The third-order valence-electron chi connectivity index (χ3n) is 2.79. The van der Waals surface area contributed by atoms with Gasteiger partial charge in [0.15, 0.2) is 0 Å². The predicted molar refractivity (Wildman–Crippen MR) is 66.7 cm³/mol. The molecule has 1 fully saturated rings. The highest BCUT2D eigenvalue weighted by atomic mass is 16.5. The standard InChI is InChI=1S/C12H17N3O3/c1-8-2-3-10(12(17)15-8)11(16)14-7-9-6-13-4-5-18-9/h2-3,9,13H,4-7H2,1H3,(H,14,16)(H,15,17). The maximum atomic E-state index is 11.8. The van der Waals surface area contributed by atoms with Gasteiger partial charge in [0.25, 0.3) is 11.5 Å². The van der Waals surface area contributed by atoms with Crippen LogP contribution in [0.4, 0.5) is 0 Å². The number of nitrogens with one attached hydrogen (secondary N) is 3. The first-order valence-corrected chi connectivity index (χ1v) is 5.97. The second-order valence-corrected chi connectivity index (χ2v) is 4.29. The summed E-state index contributed by atoms with van der Waals surface area (Å²) in [6, 6.07) is 3.23. The van der Waals surface area contributed by atoms with Gasteiger partial charge in [-0.1, -0.05) is 0 Å². The average molecular weight is 251 g/mol. The van der Waals surface area contributed by atoms with Gasteiger partial charge >= 0.3 is 0 Å². The Morgan fingerprint density at radius 2 is 2.39 bits per heavy atom. The van der Waals surface area contributed by atoms with Crippen LogP contribution in [0.15, 0.2) is 16.9 Å². The second kappa shape index (κ2) is 5.79. The molecular weight excluding hydrogens is 234 g/mol. The molecule has 18 heavy (non-hydrogen) atoms. The van der Waals surface area contributed by atoms with Gasteiger partial charge in [-0.25, -0.2) is 0 Å². The number of amides is 1. The van der Waals surface area contributed by atoms with E-state index in [-0.39, 0.29) is 23.1 Å². The molecule has 2 heterocycles. The maximum Gasteiger partial charge on any atom is 0.260 e. The van der Waals surface area contributed by atoms with Crippen molar-refractivity contribution in [1.82, 2.24) is 15.6 Å². The molecule has 0 spiro atoms. The molecule has 0 aromatic carbocycles. The van der Waals surface area contributed by atoms with Gasteiger partial charge in [0, 0.05) is 25.3 Å². The highest BCUT2D eigenvalue weighted by molar-refractivity contribution is 5.93. The molecule has 0 bridgehead atoms. The maximum absolute atomic E-state index is 11.8. The number of rotatable bonds is 3. The van der Waals surface area contributed by atoms with Crippen LogP contribution in [0.25, 0.3) is 0 Å². The molecule has 3 N–H and O–H groups in total. The van der Waals surface area contributed by atoms with E-state index in [1.807, 2.05) is 0 Å². The lowest BCUT2D eigenvalue weighted by molar-refractivity contribution is 0.0287. The largest absolute Gasteiger partial charge is 0.374 e. The summed E-state index contributed by atoms with van der Waals surface area (Å²) in [7, 11) is 0. The van der Waals surface area contributed by atoms with Crippen molar-refractivity contribution in [3.8, 4) is 0 Å². The van der Waals surface area contributed by atoms with Crippen LogP contribution in [-0.2, 0) is 4.74 Å². The molecule has 0 radical (unpaired) electrons. The van der Waals surface area contributed by atoms with Gasteiger partial charge < -0.3 is 20.4 Å². The zero-order valence-corrected chi connectivity index (χ0v) is 10.3. The van der Waals surface area contributed by atoms with Gasteiger partial charge in [-0.2, -0.15) is 0 Å². The Labute approximate surface area is 105 Å². The molecule has 1 aromatic heterocycles. The van der Waals surface area contributed by atoms with Crippen LogP contribution in [0.5, 0.6) is 0 Å². The van der Waals surface area contributed by atoms with Crippen LogP contribution in [0.3, 0.4) is 0 Å². The minimum Gasteiger partial charge on any atom is -0.374 e. The number of H-pyrrole nitrogens is 1. The Balaban J connectivity index is 1.93. The average Bonchev–Trinajstić information content (AvgIpc) is 2.37. The Kier molecular flexibility index (Phi) is 4.11. The minimum atomic E-state index is -0.370. The minimum absolute atomic E-state index is 0.0350. The van der Waals surface area contributed by atoms with E-state index < -0.39 is 0 Å². The summed E-state index contributed by atoms with van der Waals surface area (Å²) in [6.07, 6.45) is -0.0350. The van der Waals surface area contributed by atoms with E-state index in [1.165, 1.54) is 6.07 Å². The van der Waals surface area contributed by atoms with Crippen molar-refractivity contribution in [3.05, 3.63) is 33.7 Å². The van der Waals surface area contributed by atoms with Crippen LogP contribution < -0.4 is 16.2 Å². The Morgan fingerprint density at radius 1 is 1.56 bits per heavy atom. The van der Waals surface area contributed by atoms with Gasteiger partial charge in [-0.15, -0.1) is 0 Å². The molecule has 6 nitrogen and oxygen atoms in total. The van der Waals surface area contributed by atoms with Gasteiger partial charge in [0.2, 0.25) is 0 Å². The fourth-order valence-electron chi connectivity index (χ4n) is 1.80. The number of carbonyl (C=O) groups excluding carboxylic acids is 1. The molecule has 1 aliphatic heterocycles. The third-order valence-corrected chi connectivity index (χ3v) is 2.79. The molecule has 1 atom stereocenters. The van der Waals surface area contributed by atoms with Crippen molar-refractivity contribution in [2.45, 2.75) is 13.0 Å². The van der Waals surface area contributed by atoms with E-state index >= 15 is 0 Å². The lowest BCUT2D eigenvalue weighted by Crippen LogP contribution is -2.45. The number of pyridine rings is 1. The normalized spacial score (nSPS) is 19.5. The first-order chi connectivity index (χ1) is 8.66. The summed E-state index contributed by atoms with van der Waals surface area (Å²) >= 11 is 0. The van der Waals surface area contributed by atoms with Crippen molar-refractivity contribution < 1.29 is 9.53 Å². The van der Waals surface area contributed by atoms with Crippen molar-refractivity contribution in [2.75, 3.05) is 26.2 Å². The molecule has 1 aliphatic rings. The van der Waals surface area contributed by atoms with Crippen molar-refractivity contribution in [2.24, 2.45) is 0 Å². The molecule has 98 valence electrons. The van der Waals surface area contributed by atoms with Gasteiger partial charge in [0.1, 0.15) is 5.56 Å². The van der Waals surface area contributed by atoms with Gasteiger partial charge in [-0.3, -0.25) is 9.59 Å². The number of hydrogen-bond acceptors (Lipinski definition) is 4. The first kappa shape index (κ1) is 12.8. The summed E-state index contributed by atoms with van der Waals surface area (Å²) in [5.74, 6) is -0.370. The highest BCUT2D eigenvalue weighted by Crippen LogP contribution is 1.96. The number of morpholine rings is 1. The van der Waals surface area contributed by atoms with Gasteiger partial charge in [0.05, 0.1) is 12.7 Å². The molecule has 2 rings (SSSR count). The number of aromatic amines is 1. The smallest absolute Gasteiger partial charge is 0.260 e. The third kappa shape index (κ3) is 3.18. The van der Waals surface area contributed by atoms with E-state index in [0.717, 1.165) is 12.2 Å². The highest BCUT2D eigenvalue weighted by Gasteiger charge is 2.16. The summed E-state index contributed by atoms with van der Waals surface area (Å²) in [5.41, 5.74) is 0.496. The molecule has 1 saturated heterocycles. The molecule has 6 heteroatoms. The monoisotopic (exact) mass is 251 g/mol. The summed E-state index contributed by atoms with van der Waals surface area (Å²) in [6.45, 7) is 4.36. The summed E-state index contributed by atoms with van der Waals surface area (Å²) < 4.78 is 5.45. The van der Waals surface area contributed by atoms with E-state index in [0.29, 0.717) is 19.7 Å². The molecule has 1 amide bonds. The summed E-state index contributed by atoms with van der Waals surface area (Å²) in [4.78, 5) is 26.0. The van der Waals surface area contributed by atoms with E-state index in [4.69, 9.17) is 4.74 Å². The zero-order valence-electron chi connectivity index (χ0n) is 10.3. The van der Waals surface area contributed by atoms with Crippen molar-refractivity contribution in [1.29, 1.82) is 0 Å². The van der Waals surface area contributed by atoms with Crippen LogP contribution in [-0.4, -0.2) is 43.2 Å². The topological polar surface area (TPSA) is 83.2 Å². The van der Waals surface area contributed by atoms with Crippen LogP contribution in [0, 0.1) is 6.92 Å². The number of ether oxygens (including phenoxy) is 1. The Bertz CT molecular complexity index is 478. The zero-order chi connectivity index (χ0) is 13.0. The molecule has 1 aromatic rings. The number of aryl methyl sites for hydroxylation is 1. The van der Waals surface area contributed by atoms with Crippen LogP contribution in [0.1, 0.15) is 16.1 Å². The predicted octanol–water partition coefficient (Wildman–Crippen LogP) is -0.598. The molecular formula is C12H17N3O3. The van der Waals surface area contributed by atoms with Crippen LogP contribution >= 0.6 is 0 Å². The fourth-order valence-corrected chi connectivity index (χ4v) is 1.80. The lowest BCUT2D eigenvalue weighted by Gasteiger charge is -2.23. The lowest BCUT2D eigenvalue weighted by atomic mass is 10.2. The first-order valence-electron chi connectivity index (χ1n) is 5.97. The second-order valence-electron chi connectivity index (χ2n) is 4.29. The number of aromatic nitrogens is 1. The van der Waals surface area contributed by atoms with Crippen molar-refractivity contribution >= 4 is 5.91 Å². The SMILES string of the molecule is Cc1ccc(C(=O)NCC2CNCCO2)c(=O)[nH]1. The Morgan fingerprint density at radius 3 is 3.06 bits per heavy atom. The summed E-state index contributed by atoms with van der Waals surface area (Å²) in [5, 5.41) is 5.88. The molecule has 0 aliphatic carbocycles. The van der Waals surface area contributed by atoms with E-state index in [1.54, 1.807) is 13.0 Å². The molecule has 1 unspecified atom stereocenters. The van der Waals surface area contributed by atoms with Crippen molar-refractivity contribution in [3.63, 3.8) is 0 Å². The quantitative estimate of drug-likeness (QED) is 0.670. The molecule has 0 saturated carbocycles. The number of carbonyl (C=O) groups is 1. The fraction of sp³-hybridized carbons (Fsp3) is 0.500.